The third-order valence-electron chi connectivity index (χ3n) is 5.85. The molecule has 1 aliphatic heterocycles. The van der Waals surface area contributed by atoms with Gasteiger partial charge in [0.2, 0.25) is 5.91 Å². The van der Waals surface area contributed by atoms with E-state index in [4.69, 9.17) is 9.47 Å². The summed E-state index contributed by atoms with van der Waals surface area (Å²) < 4.78 is 11.6. The number of ether oxygens (including phenoxy) is 2. The van der Waals surface area contributed by atoms with Crippen molar-refractivity contribution in [1.29, 1.82) is 0 Å². The normalized spacial score (nSPS) is 15.9. The van der Waals surface area contributed by atoms with E-state index in [-0.39, 0.29) is 12.0 Å². The lowest BCUT2D eigenvalue weighted by Crippen LogP contribution is -2.44. The van der Waals surface area contributed by atoms with E-state index in [0.29, 0.717) is 26.1 Å². The maximum absolute atomic E-state index is 13.7. The maximum atomic E-state index is 13.7. The molecule has 4 rings (SSSR count). The average Bonchev–Trinajstić information content (AvgIpc) is 2.75. The fourth-order valence-corrected chi connectivity index (χ4v) is 4.29. The van der Waals surface area contributed by atoms with Crippen LogP contribution in [0.1, 0.15) is 37.8 Å². The minimum absolute atomic E-state index is 0.0269. The van der Waals surface area contributed by atoms with Crippen LogP contribution in [0.2, 0.25) is 0 Å². The summed E-state index contributed by atoms with van der Waals surface area (Å²) in [7, 11) is 0. The minimum Gasteiger partial charge on any atom is -0.490 e. The molecule has 0 unspecified atom stereocenters. The maximum Gasteiger partial charge on any atom is 0.235 e. The van der Waals surface area contributed by atoms with Gasteiger partial charge >= 0.3 is 0 Å². The molecule has 0 bridgehead atoms. The molecule has 0 aromatic heterocycles. The van der Waals surface area contributed by atoms with Crippen LogP contribution in [0.5, 0.6) is 5.75 Å². The van der Waals surface area contributed by atoms with Crippen LogP contribution in [0.4, 0.5) is 5.69 Å². The zero-order chi connectivity index (χ0) is 21.1. The van der Waals surface area contributed by atoms with Crippen molar-refractivity contribution < 1.29 is 14.3 Å². The molecule has 1 saturated heterocycles. The first kappa shape index (κ1) is 20.4. The number of fused-ring (bicyclic) bond motifs is 1. The zero-order valence-electron chi connectivity index (χ0n) is 17.9. The molecule has 30 heavy (non-hydrogen) atoms. The van der Waals surface area contributed by atoms with Crippen LogP contribution in [-0.2, 0) is 14.9 Å². The highest BCUT2D eigenvalue weighted by Gasteiger charge is 2.42. The Morgan fingerprint density at radius 2 is 1.73 bits per heavy atom. The quantitative estimate of drug-likeness (QED) is 0.601. The molecule has 3 aromatic carbocycles. The van der Waals surface area contributed by atoms with Crippen LogP contribution in [0, 0.1) is 6.92 Å². The Kier molecular flexibility index (Phi) is 5.78. The van der Waals surface area contributed by atoms with Gasteiger partial charge in [-0.15, -0.1) is 0 Å². The molecule has 0 aliphatic carbocycles. The number of benzene rings is 3. The van der Waals surface area contributed by atoms with Crippen molar-refractivity contribution in [2.75, 3.05) is 18.5 Å². The number of hydrogen-bond acceptors (Lipinski definition) is 3. The van der Waals surface area contributed by atoms with Crippen molar-refractivity contribution in [3.8, 4) is 5.75 Å². The Morgan fingerprint density at radius 3 is 2.43 bits per heavy atom. The van der Waals surface area contributed by atoms with Crippen LogP contribution in [0.25, 0.3) is 10.8 Å². The topological polar surface area (TPSA) is 47.6 Å². The summed E-state index contributed by atoms with van der Waals surface area (Å²) in [5, 5.41) is 5.23. The van der Waals surface area contributed by atoms with Crippen molar-refractivity contribution in [2.24, 2.45) is 0 Å². The second kappa shape index (κ2) is 8.49. The van der Waals surface area contributed by atoms with Gasteiger partial charge in [-0.25, -0.2) is 0 Å². The van der Waals surface area contributed by atoms with Gasteiger partial charge in [0.15, 0.2) is 0 Å². The molecular weight excluding hydrogens is 374 g/mol. The van der Waals surface area contributed by atoms with E-state index >= 15 is 0 Å². The molecular formula is C26H29NO3. The summed E-state index contributed by atoms with van der Waals surface area (Å²) in [5.41, 5.74) is 2.45. The van der Waals surface area contributed by atoms with E-state index in [1.54, 1.807) is 0 Å². The van der Waals surface area contributed by atoms with Gasteiger partial charge in [0.25, 0.3) is 0 Å². The standard InChI is InChI=1S/C26H29NO3/c1-18(2)30-24-12-11-23(21-9-4-5-10-22(21)24)27-25(28)26(13-15-29-16-14-26)20-8-6-7-19(3)17-20/h4-12,17-18H,13-16H2,1-3H3,(H,27,28). The second-order valence-corrected chi connectivity index (χ2v) is 8.34. The summed E-state index contributed by atoms with van der Waals surface area (Å²) >= 11 is 0. The summed E-state index contributed by atoms with van der Waals surface area (Å²) in [6, 6.07) is 20.2. The van der Waals surface area contributed by atoms with E-state index in [9.17, 15) is 4.79 Å². The molecule has 4 nitrogen and oxygen atoms in total. The molecule has 3 aromatic rings. The number of aryl methyl sites for hydroxylation is 1. The predicted octanol–water partition coefficient (Wildman–Crippen LogP) is 5.62. The minimum atomic E-state index is -0.585. The number of hydrogen-bond donors (Lipinski definition) is 1. The average molecular weight is 404 g/mol. The zero-order valence-corrected chi connectivity index (χ0v) is 17.9. The van der Waals surface area contributed by atoms with Crippen molar-refractivity contribution in [3.05, 3.63) is 71.8 Å². The molecule has 1 amide bonds. The van der Waals surface area contributed by atoms with E-state index in [1.165, 1.54) is 0 Å². The first-order valence-corrected chi connectivity index (χ1v) is 10.6. The third-order valence-corrected chi connectivity index (χ3v) is 5.85. The summed E-state index contributed by atoms with van der Waals surface area (Å²) in [4.78, 5) is 13.7. The lowest BCUT2D eigenvalue weighted by Gasteiger charge is -2.36. The van der Waals surface area contributed by atoms with Crippen LogP contribution in [0.15, 0.2) is 60.7 Å². The van der Waals surface area contributed by atoms with Crippen molar-refractivity contribution in [2.45, 2.75) is 45.1 Å². The predicted molar refractivity (Wildman–Crippen MR) is 121 cm³/mol. The van der Waals surface area contributed by atoms with Crippen LogP contribution >= 0.6 is 0 Å². The Labute approximate surface area is 178 Å². The van der Waals surface area contributed by atoms with Crippen LogP contribution in [0.3, 0.4) is 0 Å². The molecule has 0 radical (unpaired) electrons. The molecule has 156 valence electrons. The van der Waals surface area contributed by atoms with Crippen molar-refractivity contribution in [3.63, 3.8) is 0 Å². The molecule has 1 fully saturated rings. The number of carbonyl (C=O) groups excluding carboxylic acids is 1. The Bertz CT molecular complexity index is 1050. The molecule has 1 aliphatic rings. The highest BCUT2D eigenvalue weighted by atomic mass is 16.5. The highest BCUT2D eigenvalue weighted by Crippen LogP contribution is 2.38. The molecule has 4 heteroatoms. The van der Waals surface area contributed by atoms with Gasteiger partial charge in [-0.05, 0) is 51.3 Å². The van der Waals surface area contributed by atoms with Crippen molar-refractivity contribution >= 4 is 22.4 Å². The van der Waals surface area contributed by atoms with Crippen LogP contribution in [-0.4, -0.2) is 25.2 Å². The SMILES string of the molecule is Cc1cccc(C2(C(=O)Nc3ccc(OC(C)C)c4ccccc34)CCOCC2)c1. The lowest BCUT2D eigenvalue weighted by molar-refractivity contribution is -0.125. The van der Waals surface area contributed by atoms with Gasteiger partial charge in [-0.1, -0.05) is 54.1 Å². The highest BCUT2D eigenvalue weighted by molar-refractivity contribution is 6.07. The number of carbonyl (C=O) groups is 1. The molecule has 1 heterocycles. The molecule has 0 spiro atoms. The van der Waals surface area contributed by atoms with Gasteiger partial charge in [0.1, 0.15) is 5.75 Å². The van der Waals surface area contributed by atoms with E-state index in [0.717, 1.165) is 33.3 Å². The van der Waals surface area contributed by atoms with Crippen LogP contribution < -0.4 is 10.1 Å². The first-order chi connectivity index (χ1) is 14.5. The van der Waals surface area contributed by atoms with Gasteiger partial charge in [0, 0.05) is 29.7 Å². The fraction of sp³-hybridized carbons (Fsp3) is 0.346. The van der Waals surface area contributed by atoms with E-state index in [2.05, 4.69) is 30.4 Å². The Morgan fingerprint density at radius 1 is 1.00 bits per heavy atom. The monoisotopic (exact) mass is 403 g/mol. The lowest BCUT2D eigenvalue weighted by atomic mass is 9.73. The van der Waals surface area contributed by atoms with Gasteiger partial charge in [0.05, 0.1) is 11.5 Å². The second-order valence-electron chi connectivity index (χ2n) is 8.34. The Hall–Kier alpha value is -2.85. The van der Waals surface area contributed by atoms with Gasteiger partial charge in [-0.2, -0.15) is 0 Å². The molecule has 1 N–H and O–H groups in total. The first-order valence-electron chi connectivity index (χ1n) is 10.6. The molecule has 0 atom stereocenters. The van der Waals surface area contributed by atoms with E-state index in [1.807, 2.05) is 56.3 Å². The summed E-state index contributed by atoms with van der Waals surface area (Å²) in [6.07, 6.45) is 1.43. The summed E-state index contributed by atoms with van der Waals surface area (Å²) in [5.74, 6) is 0.858. The van der Waals surface area contributed by atoms with Gasteiger partial charge in [-0.3, -0.25) is 4.79 Å². The largest absolute Gasteiger partial charge is 0.490 e. The Balaban J connectivity index is 1.72. The number of amides is 1. The number of rotatable bonds is 5. The van der Waals surface area contributed by atoms with Gasteiger partial charge < -0.3 is 14.8 Å². The number of nitrogens with one attached hydrogen (secondary N) is 1. The smallest absolute Gasteiger partial charge is 0.235 e. The third kappa shape index (κ3) is 3.92. The number of anilines is 1. The summed E-state index contributed by atoms with van der Waals surface area (Å²) in [6.45, 7) is 7.27. The fourth-order valence-electron chi connectivity index (χ4n) is 4.29. The van der Waals surface area contributed by atoms with Crippen molar-refractivity contribution in [1.82, 2.24) is 0 Å². The molecule has 0 saturated carbocycles. The van der Waals surface area contributed by atoms with E-state index < -0.39 is 5.41 Å².